The van der Waals surface area contributed by atoms with Crippen LogP contribution in [0, 0.1) is 13.8 Å². The highest BCUT2D eigenvalue weighted by Gasteiger charge is 2.33. The SMILES string of the molecule is CC1=C(C(N)=O)C(c2ccc(Br)cc2)n2nc(-c3ccc(C)c(C)c3)nc2N1. The Hall–Kier alpha value is -2.93. The molecule has 6 nitrogen and oxygen atoms in total. The Bertz CT molecular complexity index is 1110. The molecule has 1 aromatic heterocycles. The van der Waals surface area contributed by atoms with E-state index < -0.39 is 11.9 Å². The summed E-state index contributed by atoms with van der Waals surface area (Å²) in [5, 5.41) is 7.91. The van der Waals surface area contributed by atoms with Gasteiger partial charge in [0.2, 0.25) is 11.9 Å². The number of fused-ring (bicyclic) bond motifs is 1. The highest BCUT2D eigenvalue weighted by atomic mass is 79.9. The molecule has 1 amide bonds. The summed E-state index contributed by atoms with van der Waals surface area (Å²) in [4.78, 5) is 16.9. The van der Waals surface area contributed by atoms with E-state index in [4.69, 9.17) is 10.8 Å². The number of nitrogens with two attached hydrogens (primary N) is 1. The summed E-state index contributed by atoms with van der Waals surface area (Å²) in [6.07, 6.45) is 0. The lowest BCUT2D eigenvalue weighted by molar-refractivity contribution is -0.115. The van der Waals surface area contributed by atoms with Crippen LogP contribution in [0.5, 0.6) is 0 Å². The number of nitrogens with zero attached hydrogens (tertiary/aromatic N) is 3. The zero-order valence-electron chi connectivity index (χ0n) is 15.8. The number of primary amides is 1. The molecule has 142 valence electrons. The number of carbonyl (C=O) groups is 1. The number of amides is 1. The summed E-state index contributed by atoms with van der Waals surface area (Å²) in [5.74, 6) is 0.710. The number of aryl methyl sites for hydroxylation is 2. The molecule has 0 bridgehead atoms. The Labute approximate surface area is 171 Å². The average molecular weight is 438 g/mol. The Morgan fingerprint density at radius 1 is 1.11 bits per heavy atom. The fourth-order valence-electron chi connectivity index (χ4n) is 3.43. The molecule has 3 N–H and O–H groups in total. The van der Waals surface area contributed by atoms with Crippen molar-refractivity contribution >= 4 is 27.8 Å². The third-order valence-corrected chi connectivity index (χ3v) is 5.60. The van der Waals surface area contributed by atoms with Crippen molar-refractivity contribution in [1.82, 2.24) is 14.8 Å². The van der Waals surface area contributed by atoms with E-state index in [-0.39, 0.29) is 0 Å². The van der Waals surface area contributed by atoms with Crippen LogP contribution in [0.2, 0.25) is 0 Å². The summed E-state index contributed by atoms with van der Waals surface area (Å²) >= 11 is 3.45. The smallest absolute Gasteiger partial charge is 0.248 e. The minimum atomic E-state index is -0.480. The molecule has 0 radical (unpaired) electrons. The zero-order valence-corrected chi connectivity index (χ0v) is 17.4. The van der Waals surface area contributed by atoms with Crippen LogP contribution >= 0.6 is 15.9 Å². The lowest BCUT2D eigenvalue weighted by atomic mass is 9.95. The van der Waals surface area contributed by atoms with Crippen LogP contribution in [-0.2, 0) is 4.79 Å². The highest BCUT2D eigenvalue weighted by molar-refractivity contribution is 9.10. The maximum Gasteiger partial charge on any atom is 0.248 e. The van der Waals surface area contributed by atoms with Crippen LogP contribution in [0.3, 0.4) is 0 Å². The quantitative estimate of drug-likeness (QED) is 0.645. The molecule has 1 aliphatic heterocycles. The van der Waals surface area contributed by atoms with Crippen molar-refractivity contribution < 1.29 is 4.79 Å². The lowest BCUT2D eigenvalue weighted by Crippen LogP contribution is -2.31. The number of carbonyl (C=O) groups excluding carboxylic acids is 1. The van der Waals surface area contributed by atoms with Crippen molar-refractivity contribution in [2.75, 3.05) is 5.32 Å². The number of hydrogen-bond donors (Lipinski definition) is 2. The molecule has 0 saturated heterocycles. The second-order valence-corrected chi connectivity index (χ2v) is 7.90. The molecular weight excluding hydrogens is 418 g/mol. The largest absolute Gasteiger partial charge is 0.366 e. The minimum absolute atomic E-state index is 0.436. The monoisotopic (exact) mass is 437 g/mol. The molecule has 0 spiro atoms. The van der Waals surface area contributed by atoms with E-state index in [1.165, 1.54) is 11.1 Å². The molecule has 1 unspecified atom stereocenters. The van der Waals surface area contributed by atoms with Gasteiger partial charge in [0.05, 0.1) is 5.57 Å². The maximum atomic E-state index is 12.2. The van der Waals surface area contributed by atoms with Gasteiger partial charge in [0.15, 0.2) is 5.82 Å². The van der Waals surface area contributed by atoms with Crippen molar-refractivity contribution in [2.24, 2.45) is 5.73 Å². The number of benzene rings is 2. The maximum absolute atomic E-state index is 12.2. The minimum Gasteiger partial charge on any atom is -0.366 e. The van der Waals surface area contributed by atoms with E-state index in [1.807, 2.05) is 37.3 Å². The van der Waals surface area contributed by atoms with Gasteiger partial charge in [0.1, 0.15) is 6.04 Å². The van der Waals surface area contributed by atoms with Crippen molar-refractivity contribution in [2.45, 2.75) is 26.8 Å². The molecule has 3 aromatic rings. The molecule has 1 aliphatic rings. The molecule has 0 fully saturated rings. The number of aromatic nitrogens is 3. The van der Waals surface area contributed by atoms with E-state index in [0.717, 1.165) is 15.6 Å². The standard InChI is InChI=1S/C21H20BrN5O/c1-11-4-5-15(10-12(11)2)20-25-21-24-13(3)17(19(23)28)18(27(21)26-20)14-6-8-16(22)9-7-14/h4-10,18H,1-3H3,(H2,23,28)(H,24,25,26). The number of allylic oxidation sites excluding steroid dienone is 1. The zero-order chi connectivity index (χ0) is 20.0. The molecule has 0 saturated carbocycles. The third-order valence-electron chi connectivity index (χ3n) is 5.07. The van der Waals surface area contributed by atoms with E-state index in [9.17, 15) is 4.79 Å². The van der Waals surface area contributed by atoms with Crippen molar-refractivity contribution in [3.63, 3.8) is 0 Å². The number of halogens is 1. The number of hydrogen-bond acceptors (Lipinski definition) is 4. The molecule has 2 aromatic carbocycles. The van der Waals surface area contributed by atoms with Crippen molar-refractivity contribution in [3.8, 4) is 11.4 Å². The first-order valence-electron chi connectivity index (χ1n) is 8.92. The van der Waals surface area contributed by atoms with Gasteiger partial charge in [-0.2, -0.15) is 4.98 Å². The molecule has 1 atom stereocenters. The summed E-state index contributed by atoms with van der Waals surface area (Å²) in [5.41, 5.74) is 11.1. The first kappa shape index (κ1) is 18.4. The first-order valence-corrected chi connectivity index (χ1v) is 9.71. The number of rotatable bonds is 3. The van der Waals surface area contributed by atoms with Gasteiger partial charge in [-0.3, -0.25) is 4.79 Å². The van der Waals surface area contributed by atoms with Gasteiger partial charge in [-0.05, 0) is 55.7 Å². The van der Waals surface area contributed by atoms with Gasteiger partial charge < -0.3 is 11.1 Å². The van der Waals surface area contributed by atoms with Crippen LogP contribution in [-0.4, -0.2) is 20.7 Å². The van der Waals surface area contributed by atoms with Gasteiger partial charge in [-0.15, -0.1) is 5.10 Å². The fourth-order valence-corrected chi connectivity index (χ4v) is 3.69. The summed E-state index contributed by atoms with van der Waals surface area (Å²) in [6, 6.07) is 13.5. The molecule has 2 heterocycles. The van der Waals surface area contributed by atoms with Gasteiger partial charge in [-0.25, -0.2) is 4.68 Å². The van der Waals surface area contributed by atoms with Crippen LogP contribution in [0.15, 0.2) is 58.2 Å². The van der Waals surface area contributed by atoms with Crippen molar-refractivity contribution in [1.29, 1.82) is 0 Å². The Balaban J connectivity index is 1.87. The van der Waals surface area contributed by atoms with Crippen LogP contribution in [0.25, 0.3) is 11.4 Å². The molecule has 7 heteroatoms. The molecule has 28 heavy (non-hydrogen) atoms. The molecular formula is C21H20BrN5O. The summed E-state index contributed by atoms with van der Waals surface area (Å²) in [7, 11) is 0. The number of anilines is 1. The van der Waals surface area contributed by atoms with E-state index in [0.29, 0.717) is 23.0 Å². The second-order valence-electron chi connectivity index (χ2n) is 6.98. The van der Waals surface area contributed by atoms with Crippen LogP contribution < -0.4 is 11.1 Å². The van der Waals surface area contributed by atoms with Gasteiger partial charge in [-0.1, -0.05) is 40.2 Å². The lowest BCUT2D eigenvalue weighted by Gasteiger charge is -2.27. The Morgan fingerprint density at radius 2 is 1.82 bits per heavy atom. The summed E-state index contributed by atoms with van der Waals surface area (Å²) < 4.78 is 2.70. The van der Waals surface area contributed by atoms with Crippen molar-refractivity contribution in [3.05, 3.63) is 74.9 Å². The normalized spacial score (nSPS) is 15.9. The number of nitrogens with one attached hydrogen (secondary N) is 1. The van der Waals surface area contributed by atoms with E-state index in [1.54, 1.807) is 4.68 Å². The fraction of sp³-hybridized carbons (Fsp3) is 0.190. The average Bonchev–Trinajstić information content (AvgIpc) is 3.07. The van der Waals surface area contributed by atoms with Gasteiger partial charge in [0.25, 0.3) is 0 Å². The van der Waals surface area contributed by atoms with Gasteiger partial charge in [0, 0.05) is 15.7 Å². The Kier molecular flexibility index (Phi) is 4.55. The van der Waals surface area contributed by atoms with E-state index >= 15 is 0 Å². The third kappa shape index (κ3) is 3.11. The van der Waals surface area contributed by atoms with Crippen LogP contribution in [0.4, 0.5) is 5.95 Å². The van der Waals surface area contributed by atoms with E-state index in [2.05, 4.69) is 52.2 Å². The van der Waals surface area contributed by atoms with Gasteiger partial charge >= 0.3 is 0 Å². The van der Waals surface area contributed by atoms with Crippen LogP contribution in [0.1, 0.15) is 29.7 Å². The Morgan fingerprint density at radius 3 is 2.46 bits per heavy atom. The predicted molar refractivity (Wildman–Crippen MR) is 113 cm³/mol. The highest BCUT2D eigenvalue weighted by Crippen LogP contribution is 2.36. The molecule has 0 aliphatic carbocycles. The molecule has 4 rings (SSSR count). The first-order chi connectivity index (χ1) is 13.3. The topological polar surface area (TPSA) is 85.8 Å². The second kappa shape index (κ2) is 6.91. The predicted octanol–water partition coefficient (Wildman–Crippen LogP) is 4.10. The summed E-state index contributed by atoms with van der Waals surface area (Å²) in [6.45, 7) is 5.97.